The van der Waals surface area contributed by atoms with Crippen molar-refractivity contribution < 1.29 is 13.2 Å². The molecule has 2 heterocycles. The summed E-state index contributed by atoms with van der Waals surface area (Å²) in [5.41, 5.74) is 2.77. The van der Waals surface area contributed by atoms with Crippen molar-refractivity contribution in [3.05, 3.63) is 42.5 Å². The molecule has 1 aromatic heterocycles. The zero-order chi connectivity index (χ0) is 15.6. The van der Waals surface area contributed by atoms with E-state index in [4.69, 9.17) is 0 Å². The number of nitrogens with zero attached hydrogens (tertiary/aromatic N) is 3. The first-order chi connectivity index (χ1) is 10.5. The van der Waals surface area contributed by atoms with E-state index >= 15 is 0 Å². The van der Waals surface area contributed by atoms with E-state index in [9.17, 15) is 13.2 Å². The number of hydrazine groups is 1. The lowest BCUT2D eigenvalue weighted by atomic mass is 10.1. The summed E-state index contributed by atoms with van der Waals surface area (Å²) < 4.78 is 38.4. The van der Waals surface area contributed by atoms with Gasteiger partial charge in [0.15, 0.2) is 0 Å². The second-order valence-corrected chi connectivity index (χ2v) is 4.90. The summed E-state index contributed by atoms with van der Waals surface area (Å²) >= 11 is 0. The number of fused-ring (bicyclic) bond motifs is 1. The SMILES string of the molecule is FC(F)(F)c1ccc2ncnc(NC=CNN3CCC3)c2c1. The largest absolute Gasteiger partial charge is 0.416 e. The molecule has 0 bridgehead atoms. The van der Waals surface area contributed by atoms with Gasteiger partial charge in [-0.1, -0.05) is 0 Å². The van der Waals surface area contributed by atoms with Crippen molar-refractivity contribution in [3.8, 4) is 0 Å². The third-order valence-corrected chi connectivity index (χ3v) is 3.38. The van der Waals surface area contributed by atoms with Crippen LogP contribution in [0.1, 0.15) is 12.0 Å². The van der Waals surface area contributed by atoms with Crippen molar-refractivity contribution >= 4 is 16.7 Å². The molecule has 1 aliphatic heterocycles. The number of nitrogens with one attached hydrogen (secondary N) is 2. The van der Waals surface area contributed by atoms with Crippen molar-refractivity contribution in [2.24, 2.45) is 0 Å². The van der Waals surface area contributed by atoms with Crippen molar-refractivity contribution in [1.82, 2.24) is 20.4 Å². The molecule has 0 atom stereocenters. The normalized spacial score (nSPS) is 16.0. The Morgan fingerprint density at radius 2 is 1.95 bits per heavy atom. The molecular formula is C14H14F3N5. The molecule has 22 heavy (non-hydrogen) atoms. The molecule has 0 radical (unpaired) electrons. The van der Waals surface area contributed by atoms with E-state index in [1.54, 1.807) is 12.4 Å². The van der Waals surface area contributed by atoms with Gasteiger partial charge in [-0.3, -0.25) is 0 Å². The fourth-order valence-corrected chi connectivity index (χ4v) is 2.06. The molecule has 1 fully saturated rings. The topological polar surface area (TPSA) is 53.1 Å². The molecule has 116 valence electrons. The van der Waals surface area contributed by atoms with Crippen molar-refractivity contribution in [2.45, 2.75) is 12.6 Å². The van der Waals surface area contributed by atoms with Crippen LogP contribution in [0.25, 0.3) is 10.9 Å². The minimum atomic E-state index is -4.39. The number of alkyl halides is 3. The highest BCUT2D eigenvalue weighted by molar-refractivity contribution is 5.89. The predicted octanol–water partition coefficient (Wildman–Crippen LogP) is 2.74. The summed E-state index contributed by atoms with van der Waals surface area (Å²) in [5.74, 6) is 0.331. The average Bonchev–Trinajstić information content (AvgIpc) is 2.43. The molecule has 0 amide bonds. The smallest absolute Gasteiger partial charge is 0.345 e. The lowest BCUT2D eigenvalue weighted by Crippen LogP contribution is -2.44. The molecule has 2 aromatic rings. The van der Waals surface area contributed by atoms with Crippen molar-refractivity contribution in [1.29, 1.82) is 0 Å². The molecule has 2 N–H and O–H groups in total. The van der Waals surface area contributed by atoms with Gasteiger partial charge in [-0.05, 0) is 24.6 Å². The van der Waals surface area contributed by atoms with Crippen LogP contribution in [0.2, 0.25) is 0 Å². The van der Waals surface area contributed by atoms with E-state index in [0.717, 1.165) is 31.6 Å². The quantitative estimate of drug-likeness (QED) is 0.909. The van der Waals surface area contributed by atoms with E-state index in [1.165, 1.54) is 12.4 Å². The van der Waals surface area contributed by atoms with E-state index in [-0.39, 0.29) is 0 Å². The molecule has 1 aromatic carbocycles. The third kappa shape index (κ3) is 3.11. The Morgan fingerprint density at radius 1 is 1.14 bits per heavy atom. The number of benzene rings is 1. The van der Waals surface area contributed by atoms with Gasteiger partial charge in [-0.15, -0.1) is 0 Å². The molecule has 1 aliphatic rings. The second-order valence-electron chi connectivity index (χ2n) is 4.90. The number of hydrogen-bond acceptors (Lipinski definition) is 5. The minimum absolute atomic E-state index is 0.325. The van der Waals surface area contributed by atoms with E-state index < -0.39 is 11.7 Å². The fourth-order valence-electron chi connectivity index (χ4n) is 2.06. The zero-order valence-electron chi connectivity index (χ0n) is 11.6. The van der Waals surface area contributed by atoms with Gasteiger partial charge >= 0.3 is 6.18 Å². The summed E-state index contributed by atoms with van der Waals surface area (Å²) in [6.45, 7) is 1.96. The second kappa shape index (κ2) is 5.80. The standard InChI is InChI=1S/C14H14F3N5/c15-14(16,17)10-2-3-12-11(8-10)13(20-9-19-12)18-4-5-21-22-6-1-7-22/h2-5,8-9,21H,1,6-7H2,(H,18,19,20). The molecule has 0 aliphatic carbocycles. The van der Waals surface area contributed by atoms with E-state index in [0.29, 0.717) is 16.7 Å². The van der Waals surface area contributed by atoms with Crippen LogP contribution in [0.4, 0.5) is 19.0 Å². The molecule has 5 nitrogen and oxygen atoms in total. The number of rotatable bonds is 4. The molecule has 8 heteroatoms. The summed E-state index contributed by atoms with van der Waals surface area (Å²) in [7, 11) is 0. The number of anilines is 1. The van der Waals surface area contributed by atoms with Gasteiger partial charge in [0.2, 0.25) is 0 Å². The van der Waals surface area contributed by atoms with E-state index in [1.807, 2.05) is 5.01 Å². The third-order valence-electron chi connectivity index (χ3n) is 3.38. The molecule has 0 saturated carbocycles. The van der Waals surface area contributed by atoms with Crippen molar-refractivity contribution in [3.63, 3.8) is 0 Å². The maximum atomic E-state index is 12.8. The van der Waals surface area contributed by atoms with Gasteiger partial charge in [0.1, 0.15) is 12.1 Å². The number of aromatic nitrogens is 2. The molecule has 0 spiro atoms. The van der Waals surface area contributed by atoms with Crippen LogP contribution in [0.5, 0.6) is 0 Å². The Morgan fingerprint density at radius 3 is 2.64 bits per heavy atom. The average molecular weight is 309 g/mol. The first kappa shape index (κ1) is 14.6. The highest BCUT2D eigenvalue weighted by Crippen LogP contribution is 2.32. The van der Waals surface area contributed by atoms with Crippen LogP contribution in [0, 0.1) is 0 Å². The van der Waals surface area contributed by atoms with Gasteiger partial charge < -0.3 is 10.7 Å². The lowest BCUT2D eigenvalue weighted by molar-refractivity contribution is -0.137. The van der Waals surface area contributed by atoms with E-state index in [2.05, 4.69) is 20.7 Å². The highest BCUT2D eigenvalue weighted by atomic mass is 19.4. The highest BCUT2D eigenvalue weighted by Gasteiger charge is 2.30. The molecular weight excluding hydrogens is 295 g/mol. The number of halogens is 3. The number of hydrogen-bond donors (Lipinski definition) is 2. The fraction of sp³-hybridized carbons (Fsp3) is 0.286. The Bertz CT molecular complexity index is 694. The maximum absolute atomic E-state index is 12.8. The first-order valence-corrected chi connectivity index (χ1v) is 6.79. The van der Waals surface area contributed by atoms with Gasteiger partial charge in [0, 0.05) is 30.9 Å². The summed E-state index contributed by atoms with van der Waals surface area (Å²) in [6.07, 6.45) is 1.36. The van der Waals surface area contributed by atoms with Gasteiger partial charge in [0.25, 0.3) is 0 Å². The van der Waals surface area contributed by atoms with Crippen molar-refractivity contribution in [2.75, 3.05) is 18.4 Å². The van der Waals surface area contributed by atoms with Crippen LogP contribution < -0.4 is 10.7 Å². The van der Waals surface area contributed by atoms with Gasteiger partial charge in [0.05, 0.1) is 11.1 Å². The Hall–Kier alpha value is -2.35. The van der Waals surface area contributed by atoms with Crippen LogP contribution >= 0.6 is 0 Å². The maximum Gasteiger partial charge on any atom is 0.416 e. The Kier molecular flexibility index (Phi) is 3.84. The van der Waals surface area contributed by atoms with Crippen LogP contribution in [0.15, 0.2) is 36.9 Å². The molecule has 3 rings (SSSR count). The molecule has 1 saturated heterocycles. The summed E-state index contributed by atoms with van der Waals surface area (Å²) in [5, 5.41) is 5.22. The minimum Gasteiger partial charge on any atom is -0.345 e. The van der Waals surface area contributed by atoms with Gasteiger partial charge in [-0.2, -0.15) is 13.2 Å². The summed E-state index contributed by atoms with van der Waals surface area (Å²) in [4.78, 5) is 7.98. The zero-order valence-corrected chi connectivity index (χ0v) is 11.6. The van der Waals surface area contributed by atoms with Gasteiger partial charge in [-0.25, -0.2) is 15.0 Å². The summed E-state index contributed by atoms with van der Waals surface area (Å²) in [6, 6.07) is 3.40. The lowest BCUT2D eigenvalue weighted by Gasteiger charge is -2.30. The Balaban J connectivity index is 1.81. The first-order valence-electron chi connectivity index (χ1n) is 6.79. The predicted molar refractivity (Wildman–Crippen MR) is 76.6 cm³/mol. The Labute approximate surface area is 124 Å². The van der Waals surface area contributed by atoms with Crippen LogP contribution in [-0.4, -0.2) is 28.1 Å². The molecule has 0 unspecified atom stereocenters. The van der Waals surface area contributed by atoms with Crippen LogP contribution in [0.3, 0.4) is 0 Å². The van der Waals surface area contributed by atoms with Crippen LogP contribution in [-0.2, 0) is 6.18 Å². The monoisotopic (exact) mass is 309 g/mol.